The molecule has 0 saturated carbocycles. The quantitative estimate of drug-likeness (QED) is 0.569. The number of hydrogen-bond acceptors (Lipinski definition) is 5. The number of rotatable bonds is 4. The number of H-pyrrole nitrogens is 1. The van der Waals surface area contributed by atoms with E-state index in [9.17, 15) is 15.3 Å². The highest BCUT2D eigenvalue weighted by atomic mass is 35.5. The minimum absolute atomic E-state index is 0.0494. The van der Waals surface area contributed by atoms with Gasteiger partial charge in [-0.15, -0.1) is 0 Å². The summed E-state index contributed by atoms with van der Waals surface area (Å²) in [6.45, 7) is -0.671. The van der Waals surface area contributed by atoms with Crippen LogP contribution in [0.4, 0.5) is 0 Å². The highest BCUT2D eigenvalue weighted by Gasteiger charge is 2.27. The number of fused-ring (bicyclic) bond motifs is 1. The van der Waals surface area contributed by atoms with Gasteiger partial charge in [0, 0.05) is 0 Å². The SMILES string of the molecule is OCC(O)C(O)[C@H](O)c1nc2cc(Cl)c(Cl)cc2[nH]1. The van der Waals surface area contributed by atoms with Gasteiger partial charge in [0.2, 0.25) is 0 Å². The molecular weight excluding hydrogens is 295 g/mol. The van der Waals surface area contributed by atoms with Crippen LogP contribution in [0.15, 0.2) is 12.1 Å². The third-order valence-corrected chi connectivity index (χ3v) is 3.45. The maximum absolute atomic E-state index is 9.85. The van der Waals surface area contributed by atoms with Gasteiger partial charge in [-0.2, -0.15) is 0 Å². The topological polar surface area (TPSA) is 110 Å². The third kappa shape index (κ3) is 2.84. The standard InChI is InChI=1S/C11H12Cl2N2O4/c12-4-1-6-7(2-5(4)13)15-11(14-6)10(19)9(18)8(17)3-16/h1-2,8-10,16-19H,3H2,(H,14,15)/t8?,9?,10-/m0/s1. The van der Waals surface area contributed by atoms with Crippen molar-refractivity contribution >= 4 is 34.2 Å². The summed E-state index contributed by atoms with van der Waals surface area (Å²) < 4.78 is 0. The molecular formula is C11H12Cl2N2O4. The fourth-order valence-corrected chi connectivity index (χ4v) is 1.97. The van der Waals surface area contributed by atoms with Crippen LogP contribution in [0, 0.1) is 0 Å². The number of halogens is 2. The largest absolute Gasteiger partial charge is 0.394 e. The molecule has 3 atom stereocenters. The van der Waals surface area contributed by atoms with Gasteiger partial charge in [-0.1, -0.05) is 23.2 Å². The van der Waals surface area contributed by atoms with Gasteiger partial charge in [0.25, 0.3) is 0 Å². The third-order valence-electron chi connectivity index (χ3n) is 2.73. The summed E-state index contributed by atoms with van der Waals surface area (Å²) in [6, 6.07) is 3.05. The monoisotopic (exact) mass is 306 g/mol. The first-order chi connectivity index (χ1) is 8.93. The van der Waals surface area contributed by atoms with E-state index in [-0.39, 0.29) is 5.82 Å². The van der Waals surface area contributed by atoms with E-state index in [2.05, 4.69) is 9.97 Å². The molecule has 8 heteroatoms. The van der Waals surface area contributed by atoms with Crippen LogP contribution in [-0.4, -0.2) is 49.2 Å². The second-order valence-electron chi connectivity index (χ2n) is 4.09. The number of hydrogen-bond donors (Lipinski definition) is 5. The highest BCUT2D eigenvalue weighted by Crippen LogP contribution is 2.28. The van der Waals surface area contributed by atoms with E-state index < -0.39 is 24.9 Å². The molecule has 0 bridgehead atoms. The highest BCUT2D eigenvalue weighted by molar-refractivity contribution is 6.42. The zero-order valence-corrected chi connectivity index (χ0v) is 11.1. The lowest BCUT2D eigenvalue weighted by Crippen LogP contribution is -2.35. The number of aromatic amines is 1. The zero-order chi connectivity index (χ0) is 14.2. The molecule has 0 fully saturated rings. The molecule has 0 aliphatic heterocycles. The van der Waals surface area contributed by atoms with Crippen LogP contribution in [-0.2, 0) is 0 Å². The molecule has 1 aromatic carbocycles. The van der Waals surface area contributed by atoms with E-state index in [0.29, 0.717) is 21.1 Å². The first kappa shape index (κ1) is 14.5. The number of benzene rings is 1. The van der Waals surface area contributed by atoms with E-state index in [1.54, 1.807) is 0 Å². The van der Waals surface area contributed by atoms with Gasteiger partial charge in [0.1, 0.15) is 24.1 Å². The summed E-state index contributed by atoms with van der Waals surface area (Å²) in [4.78, 5) is 6.82. The summed E-state index contributed by atoms with van der Waals surface area (Å²) in [7, 11) is 0. The number of aromatic nitrogens is 2. The molecule has 0 aliphatic rings. The van der Waals surface area contributed by atoms with Crippen LogP contribution < -0.4 is 0 Å². The van der Waals surface area contributed by atoms with Crippen LogP contribution in [0.3, 0.4) is 0 Å². The van der Waals surface area contributed by atoms with Crippen molar-refractivity contribution in [3.63, 3.8) is 0 Å². The molecule has 2 aromatic rings. The molecule has 0 spiro atoms. The molecule has 104 valence electrons. The van der Waals surface area contributed by atoms with Gasteiger partial charge < -0.3 is 25.4 Å². The van der Waals surface area contributed by atoms with Crippen molar-refractivity contribution in [3.8, 4) is 0 Å². The fourth-order valence-electron chi connectivity index (χ4n) is 1.64. The van der Waals surface area contributed by atoms with Crippen molar-refractivity contribution in [2.75, 3.05) is 6.61 Å². The molecule has 6 nitrogen and oxygen atoms in total. The Morgan fingerprint density at radius 3 is 2.42 bits per heavy atom. The smallest absolute Gasteiger partial charge is 0.140 e. The number of aliphatic hydroxyl groups excluding tert-OH is 4. The van der Waals surface area contributed by atoms with Gasteiger partial charge >= 0.3 is 0 Å². The summed E-state index contributed by atoms with van der Waals surface area (Å²) in [5, 5.41) is 38.1. The van der Waals surface area contributed by atoms with Crippen molar-refractivity contribution in [1.82, 2.24) is 9.97 Å². The number of imidazole rings is 1. The van der Waals surface area contributed by atoms with Gasteiger partial charge in [0.05, 0.1) is 27.7 Å². The Bertz CT molecular complexity index is 550. The lowest BCUT2D eigenvalue weighted by Gasteiger charge is -2.19. The van der Waals surface area contributed by atoms with Crippen LogP contribution >= 0.6 is 23.2 Å². The minimum atomic E-state index is -1.56. The fraction of sp³-hybridized carbons (Fsp3) is 0.364. The lowest BCUT2D eigenvalue weighted by atomic mass is 10.1. The Morgan fingerprint density at radius 1 is 1.16 bits per heavy atom. The Kier molecular flexibility index (Phi) is 4.29. The van der Waals surface area contributed by atoms with Gasteiger partial charge in [-0.05, 0) is 12.1 Å². The average Bonchev–Trinajstić information content (AvgIpc) is 2.79. The number of aliphatic hydroxyl groups is 4. The molecule has 19 heavy (non-hydrogen) atoms. The maximum atomic E-state index is 9.85. The normalized spacial score (nSPS) is 16.5. The molecule has 0 radical (unpaired) electrons. The molecule has 2 unspecified atom stereocenters. The van der Waals surface area contributed by atoms with Gasteiger partial charge in [0.15, 0.2) is 0 Å². The summed E-state index contributed by atoms with van der Waals surface area (Å²) in [5.41, 5.74) is 1.00. The van der Waals surface area contributed by atoms with E-state index in [0.717, 1.165) is 0 Å². The van der Waals surface area contributed by atoms with E-state index in [4.69, 9.17) is 28.3 Å². The van der Waals surface area contributed by atoms with E-state index in [1.165, 1.54) is 12.1 Å². The molecule has 0 amide bonds. The van der Waals surface area contributed by atoms with Crippen LogP contribution in [0.5, 0.6) is 0 Å². The maximum Gasteiger partial charge on any atom is 0.140 e. The van der Waals surface area contributed by atoms with Crippen LogP contribution in [0.1, 0.15) is 11.9 Å². The first-order valence-electron chi connectivity index (χ1n) is 5.43. The van der Waals surface area contributed by atoms with Crippen LogP contribution in [0.25, 0.3) is 11.0 Å². The van der Waals surface area contributed by atoms with Crippen LogP contribution in [0.2, 0.25) is 10.0 Å². The first-order valence-corrected chi connectivity index (χ1v) is 6.19. The molecule has 5 N–H and O–H groups in total. The van der Waals surface area contributed by atoms with Gasteiger partial charge in [-0.3, -0.25) is 0 Å². The van der Waals surface area contributed by atoms with Gasteiger partial charge in [-0.25, -0.2) is 4.98 Å². The van der Waals surface area contributed by atoms with Crippen molar-refractivity contribution in [2.45, 2.75) is 18.3 Å². The summed E-state index contributed by atoms with van der Waals surface area (Å²) >= 11 is 11.7. The molecule has 1 heterocycles. The Morgan fingerprint density at radius 2 is 1.79 bits per heavy atom. The van der Waals surface area contributed by atoms with Crippen molar-refractivity contribution in [2.24, 2.45) is 0 Å². The van der Waals surface area contributed by atoms with Crippen molar-refractivity contribution in [3.05, 3.63) is 28.0 Å². The lowest BCUT2D eigenvalue weighted by molar-refractivity contribution is -0.0800. The predicted octanol–water partition coefficient (Wildman–Crippen LogP) is 0.617. The molecule has 0 saturated heterocycles. The van der Waals surface area contributed by atoms with Crippen molar-refractivity contribution in [1.29, 1.82) is 0 Å². The van der Waals surface area contributed by atoms with E-state index >= 15 is 0 Å². The minimum Gasteiger partial charge on any atom is -0.394 e. The second kappa shape index (κ2) is 5.62. The average molecular weight is 307 g/mol. The number of nitrogens with zero attached hydrogens (tertiary/aromatic N) is 1. The summed E-state index contributed by atoms with van der Waals surface area (Å²) in [5.74, 6) is 0.0494. The Hall–Kier alpha value is -0.890. The molecule has 0 aliphatic carbocycles. The molecule has 1 aromatic heterocycles. The molecule has 2 rings (SSSR count). The van der Waals surface area contributed by atoms with Crippen molar-refractivity contribution < 1.29 is 20.4 Å². The Balaban J connectivity index is 2.35. The Labute approximate surface area is 118 Å². The second-order valence-corrected chi connectivity index (χ2v) is 4.91. The summed E-state index contributed by atoms with van der Waals surface area (Å²) in [6.07, 6.45) is -4.49. The predicted molar refractivity (Wildman–Crippen MR) is 70.2 cm³/mol. The number of nitrogens with one attached hydrogen (secondary N) is 1. The van der Waals surface area contributed by atoms with E-state index in [1.807, 2.05) is 0 Å². The zero-order valence-electron chi connectivity index (χ0n) is 9.59.